The Morgan fingerprint density at radius 1 is 1.50 bits per heavy atom. The van der Waals surface area contributed by atoms with E-state index in [4.69, 9.17) is 10.3 Å². The van der Waals surface area contributed by atoms with E-state index in [1.54, 1.807) is 11.3 Å². The average Bonchev–Trinajstić information content (AvgIpc) is 2.84. The summed E-state index contributed by atoms with van der Waals surface area (Å²) in [6.07, 6.45) is 0.744. The van der Waals surface area contributed by atoms with E-state index in [0.717, 1.165) is 28.6 Å². The maximum atomic E-state index is 5.55. The maximum Gasteiger partial charge on any atom is 0.122 e. The smallest absolute Gasteiger partial charge is 0.122 e. The fraction of sp³-hybridized carbons (Fsp3) is 0.364. The summed E-state index contributed by atoms with van der Waals surface area (Å²) < 4.78 is 5.55. The predicted molar refractivity (Wildman–Crippen MR) is 64.1 cm³/mol. The minimum Gasteiger partial charge on any atom is -0.465 e. The number of hydrogen-bond acceptors (Lipinski definition) is 5. The number of aryl methyl sites for hydroxylation is 2. The number of furan rings is 1. The molecule has 2 aromatic rings. The molecule has 1 atom stereocenters. The third-order valence-electron chi connectivity index (χ3n) is 2.39. The molecule has 2 aromatic heterocycles. The Hall–Kier alpha value is -1.17. The van der Waals surface area contributed by atoms with Crippen LogP contribution in [0.1, 0.15) is 28.3 Å². The average molecular weight is 237 g/mol. The number of thiazole rings is 1. The van der Waals surface area contributed by atoms with Crippen molar-refractivity contribution in [1.82, 2.24) is 10.4 Å². The minimum atomic E-state index is -0.0183. The Bertz CT molecular complexity index is 463. The lowest BCUT2D eigenvalue weighted by molar-refractivity contribution is 0.401. The first-order valence-corrected chi connectivity index (χ1v) is 6.00. The van der Waals surface area contributed by atoms with Crippen molar-refractivity contribution in [1.29, 1.82) is 0 Å². The SMILES string of the molecule is Cc1ccc(C(Cc2csc(C)n2)NN)o1. The molecule has 86 valence electrons. The lowest BCUT2D eigenvalue weighted by Crippen LogP contribution is -2.29. The summed E-state index contributed by atoms with van der Waals surface area (Å²) in [5, 5.41) is 3.12. The second-order valence-corrected chi connectivity index (χ2v) is 4.79. The van der Waals surface area contributed by atoms with Crippen LogP contribution in [0.4, 0.5) is 0 Å². The van der Waals surface area contributed by atoms with Crippen LogP contribution < -0.4 is 11.3 Å². The van der Waals surface area contributed by atoms with Gasteiger partial charge in [-0.25, -0.2) is 10.4 Å². The Labute approximate surface area is 98.5 Å². The summed E-state index contributed by atoms with van der Waals surface area (Å²) in [6, 6.07) is 3.86. The fourth-order valence-electron chi connectivity index (χ4n) is 1.59. The van der Waals surface area contributed by atoms with Gasteiger partial charge < -0.3 is 4.42 Å². The molecule has 0 radical (unpaired) electrons. The quantitative estimate of drug-likeness (QED) is 0.631. The van der Waals surface area contributed by atoms with E-state index < -0.39 is 0 Å². The van der Waals surface area contributed by atoms with Crippen molar-refractivity contribution in [2.75, 3.05) is 0 Å². The van der Waals surface area contributed by atoms with Crippen LogP contribution in [0.15, 0.2) is 21.9 Å². The van der Waals surface area contributed by atoms with Gasteiger partial charge in [-0.2, -0.15) is 0 Å². The zero-order valence-electron chi connectivity index (χ0n) is 9.36. The topological polar surface area (TPSA) is 64.1 Å². The second-order valence-electron chi connectivity index (χ2n) is 3.73. The minimum absolute atomic E-state index is 0.0183. The van der Waals surface area contributed by atoms with Crippen LogP contribution in [0.2, 0.25) is 0 Å². The second kappa shape index (κ2) is 4.78. The van der Waals surface area contributed by atoms with E-state index in [-0.39, 0.29) is 6.04 Å². The van der Waals surface area contributed by atoms with Gasteiger partial charge in [0.25, 0.3) is 0 Å². The monoisotopic (exact) mass is 237 g/mol. The van der Waals surface area contributed by atoms with Crippen LogP contribution >= 0.6 is 11.3 Å². The van der Waals surface area contributed by atoms with E-state index in [1.165, 1.54) is 0 Å². The first kappa shape index (κ1) is 11.3. The molecule has 0 saturated carbocycles. The molecule has 0 aliphatic heterocycles. The van der Waals surface area contributed by atoms with Crippen LogP contribution in [-0.4, -0.2) is 4.98 Å². The maximum absolute atomic E-state index is 5.55. The van der Waals surface area contributed by atoms with Gasteiger partial charge >= 0.3 is 0 Å². The lowest BCUT2D eigenvalue weighted by atomic mass is 10.1. The van der Waals surface area contributed by atoms with E-state index >= 15 is 0 Å². The van der Waals surface area contributed by atoms with Crippen LogP contribution in [0.25, 0.3) is 0 Å². The molecule has 2 rings (SSSR count). The number of aromatic nitrogens is 1. The molecule has 2 heterocycles. The van der Waals surface area contributed by atoms with Crippen molar-refractivity contribution >= 4 is 11.3 Å². The predicted octanol–water partition coefficient (Wildman–Crippen LogP) is 2.10. The molecular formula is C11H15N3OS. The molecule has 0 spiro atoms. The highest BCUT2D eigenvalue weighted by Gasteiger charge is 2.15. The molecule has 4 nitrogen and oxygen atoms in total. The van der Waals surface area contributed by atoms with Crippen molar-refractivity contribution in [2.24, 2.45) is 5.84 Å². The van der Waals surface area contributed by atoms with Gasteiger partial charge in [0.15, 0.2) is 0 Å². The molecule has 0 aromatic carbocycles. The van der Waals surface area contributed by atoms with Crippen LogP contribution in [0, 0.1) is 13.8 Å². The normalized spacial score (nSPS) is 12.9. The highest BCUT2D eigenvalue weighted by Crippen LogP contribution is 2.20. The largest absolute Gasteiger partial charge is 0.465 e. The van der Waals surface area contributed by atoms with Crippen LogP contribution in [0.3, 0.4) is 0 Å². The van der Waals surface area contributed by atoms with Crippen molar-refractivity contribution in [3.63, 3.8) is 0 Å². The standard InChI is InChI=1S/C11H15N3OS/c1-7-3-4-11(15-7)10(14-12)5-9-6-16-8(2)13-9/h3-4,6,10,14H,5,12H2,1-2H3. The molecular weight excluding hydrogens is 222 g/mol. The third kappa shape index (κ3) is 2.49. The first-order chi connectivity index (χ1) is 7.69. The molecule has 5 heteroatoms. The Morgan fingerprint density at radius 3 is 2.81 bits per heavy atom. The molecule has 16 heavy (non-hydrogen) atoms. The summed E-state index contributed by atoms with van der Waals surface area (Å²) in [6.45, 7) is 3.92. The van der Waals surface area contributed by atoms with Crippen molar-refractivity contribution in [3.8, 4) is 0 Å². The number of nitrogens with one attached hydrogen (secondary N) is 1. The number of hydrazine groups is 1. The van der Waals surface area contributed by atoms with Crippen LogP contribution in [-0.2, 0) is 6.42 Å². The molecule has 0 aliphatic carbocycles. The number of rotatable bonds is 4. The van der Waals surface area contributed by atoms with Gasteiger partial charge in [0, 0.05) is 11.8 Å². The molecule has 0 saturated heterocycles. The molecule has 0 aliphatic rings. The summed E-state index contributed by atoms with van der Waals surface area (Å²) in [4.78, 5) is 4.41. The van der Waals surface area contributed by atoms with Gasteiger partial charge in [-0.1, -0.05) is 0 Å². The molecule has 1 unspecified atom stereocenters. The van der Waals surface area contributed by atoms with Gasteiger partial charge in [-0.05, 0) is 26.0 Å². The summed E-state index contributed by atoms with van der Waals surface area (Å²) >= 11 is 1.65. The van der Waals surface area contributed by atoms with Crippen molar-refractivity contribution in [2.45, 2.75) is 26.3 Å². The lowest BCUT2D eigenvalue weighted by Gasteiger charge is -2.11. The zero-order chi connectivity index (χ0) is 11.5. The Kier molecular flexibility index (Phi) is 3.38. The molecule has 3 N–H and O–H groups in total. The highest BCUT2D eigenvalue weighted by atomic mass is 32.1. The van der Waals surface area contributed by atoms with Gasteiger partial charge in [0.05, 0.1) is 16.7 Å². The van der Waals surface area contributed by atoms with E-state index in [9.17, 15) is 0 Å². The molecule has 0 fully saturated rings. The van der Waals surface area contributed by atoms with Gasteiger partial charge in [-0.15, -0.1) is 11.3 Å². The van der Waals surface area contributed by atoms with Gasteiger partial charge in [0.1, 0.15) is 11.5 Å². The zero-order valence-corrected chi connectivity index (χ0v) is 10.2. The summed E-state index contributed by atoms with van der Waals surface area (Å²) in [5.74, 6) is 7.28. The number of nitrogens with two attached hydrogens (primary N) is 1. The fourth-order valence-corrected chi connectivity index (χ4v) is 2.22. The number of hydrogen-bond donors (Lipinski definition) is 2. The van der Waals surface area contributed by atoms with E-state index in [1.807, 2.05) is 26.0 Å². The van der Waals surface area contributed by atoms with Gasteiger partial charge in [-0.3, -0.25) is 5.84 Å². The highest BCUT2D eigenvalue weighted by molar-refractivity contribution is 7.09. The summed E-state index contributed by atoms with van der Waals surface area (Å²) in [7, 11) is 0. The number of nitrogens with zero attached hydrogens (tertiary/aromatic N) is 1. The summed E-state index contributed by atoms with van der Waals surface area (Å²) in [5.41, 5.74) is 3.80. The first-order valence-electron chi connectivity index (χ1n) is 5.12. The molecule has 0 amide bonds. The van der Waals surface area contributed by atoms with E-state index in [2.05, 4.69) is 15.8 Å². The van der Waals surface area contributed by atoms with Crippen LogP contribution in [0.5, 0.6) is 0 Å². The van der Waals surface area contributed by atoms with Crippen molar-refractivity contribution in [3.05, 3.63) is 39.7 Å². The third-order valence-corrected chi connectivity index (χ3v) is 3.21. The van der Waals surface area contributed by atoms with E-state index in [0.29, 0.717) is 0 Å². The Balaban J connectivity index is 2.12. The Morgan fingerprint density at radius 2 is 2.31 bits per heavy atom. The molecule has 0 bridgehead atoms. The van der Waals surface area contributed by atoms with Gasteiger partial charge in [0.2, 0.25) is 0 Å². The van der Waals surface area contributed by atoms with Crippen molar-refractivity contribution < 1.29 is 4.42 Å².